The Hall–Kier alpha value is -1.09. The monoisotopic (exact) mass is 263 g/mol. The summed E-state index contributed by atoms with van der Waals surface area (Å²) in [7, 11) is 0. The van der Waals surface area contributed by atoms with Crippen molar-refractivity contribution in [1.29, 1.82) is 0 Å². The van der Waals surface area contributed by atoms with E-state index in [2.05, 4.69) is 20.4 Å². The normalized spacial score (nSPS) is 16.2. The van der Waals surface area contributed by atoms with Crippen molar-refractivity contribution in [3.05, 3.63) is 28.5 Å². The molecule has 18 heavy (non-hydrogen) atoms. The van der Waals surface area contributed by atoms with Crippen LogP contribution in [0.3, 0.4) is 0 Å². The Morgan fingerprint density at radius 3 is 2.67 bits per heavy atom. The minimum Gasteiger partial charge on any atom is -0.308 e. The summed E-state index contributed by atoms with van der Waals surface area (Å²) < 4.78 is 0. The standard InChI is InChI=1S/C15H21NOS/c1-4-6-7-12(5-2)8-16-11(3)13-9-18-10-14(13)15(16)17/h9-10,12H,3-8H2,1-2H3. The molecule has 1 aromatic rings. The lowest BCUT2D eigenvalue weighted by molar-refractivity contribution is 0.0830. The van der Waals surface area contributed by atoms with Gasteiger partial charge in [-0.1, -0.05) is 39.7 Å². The number of hydrogen-bond acceptors (Lipinski definition) is 2. The Bertz CT molecular complexity index is 419. The molecule has 3 heteroatoms. The van der Waals surface area contributed by atoms with Crippen molar-refractivity contribution < 1.29 is 4.79 Å². The van der Waals surface area contributed by atoms with Gasteiger partial charge in [0.2, 0.25) is 0 Å². The molecular weight excluding hydrogens is 242 g/mol. The summed E-state index contributed by atoms with van der Waals surface area (Å²) in [4.78, 5) is 14.1. The largest absolute Gasteiger partial charge is 0.308 e. The number of amides is 1. The number of nitrogens with zero attached hydrogens (tertiary/aromatic N) is 1. The maximum atomic E-state index is 12.3. The molecule has 98 valence electrons. The predicted octanol–water partition coefficient (Wildman–Crippen LogP) is 4.39. The summed E-state index contributed by atoms with van der Waals surface area (Å²) in [6, 6.07) is 0. The van der Waals surface area contributed by atoms with E-state index in [0.717, 1.165) is 29.8 Å². The first-order chi connectivity index (χ1) is 8.69. The van der Waals surface area contributed by atoms with Crippen molar-refractivity contribution in [2.75, 3.05) is 6.54 Å². The molecule has 2 nitrogen and oxygen atoms in total. The minimum atomic E-state index is 0.145. The van der Waals surface area contributed by atoms with Gasteiger partial charge in [-0.3, -0.25) is 4.79 Å². The Morgan fingerprint density at radius 2 is 2.06 bits per heavy atom. The molecule has 1 amide bonds. The van der Waals surface area contributed by atoms with E-state index in [-0.39, 0.29) is 5.91 Å². The lowest BCUT2D eigenvalue weighted by Crippen LogP contribution is -2.29. The van der Waals surface area contributed by atoms with Gasteiger partial charge >= 0.3 is 0 Å². The van der Waals surface area contributed by atoms with Gasteiger partial charge < -0.3 is 4.90 Å². The second-order valence-electron chi connectivity index (χ2n) is 4.98. The van der Waals surface area contributed by atoms with Crippen LogP contribution in [0.4, 0.5) is 0 Å². The smallest absolute Gasteiger partial charge is 0.259 e. The molecular formula is C15H21NOS. The van der Waals surface area contributed by atoms with Crippen LogP contribution in [-0.2, 0) is 0 Å². The molecule has 2 rings (SSSR count). The maximum absolute atomic E-state index is 12.3. The Balaban J connectivity index is 2.05. The zero-order chi connectivity index (χ0) is 13.1. The topological polar surface area (TPSA) is 20.3 Å². The number of carbonyl (C=O) groups is 1. The number of unbranched alkanes of at least 4 members (excludes halogenated alkanes) is 1. The van der Waals surface area contributed by atoms with Crippen LogP contribution in [-0.4, -0.2) is 17.4 Å². The van der Waals surface area contributed by atoms with Crippen molar-refractivity contribution in [3.63, 3.8) is 0 Å². The Labute approximate surface area is 113 Å². The first-order valence-corrected chi connectivity index (χ1v) is 7.70. The quantitative estimate of drug-likeness (QED) is 0.745. The Kier molecular flexibility index (Phi) is 4.23. The van der Waals surface area contributed by atoms with Crippen LogP contribution >= 0.6 is 11.3 Å². The van der Waals surface area contributed by atoms with Gasteiger partial charge in [0.15, 0.2) is 0 Å². The van der Waals surface area contributed by atoms with E-state index in [4.69, 9.17) is 0 Å². The van der Waals surface area contributed by atoms with Gasteiger partial charge in [0.25, 0.3) is 5.91 Å². The van der Waals surface area contributed by atoms with E-state index in [0.29, 0.717) is 5.92 Å². The highest BCUT2D eigenvalue weighted by Crippen LogP contribution is 2.35. The summed E-state index contributed by atoms with van der Waals surface area (Å²) in [6.07, 6.45) is 4.80. The van der Waals surface area contributed by atoms with E-state index >= 15 is 0 Å². The molecule has 0 N–H and O–H groups in total. The Morgan fingerprint density at radius 1 is 1.33 bits per heavy atom. The van der Waals surface area contributed by atoms with Crippen LogP contribution in [0.15, 0.2) is 17.3 Å². The highest BCUT2D eigenvalue weighted by Gasteiger charge is 2.32. The molecule has 0 fully saturated rings. The minimum absolute atomic E-state index is 0.145. The fraction of sp³-hybridized carbons (Fsp3) is 0.533. The van der Waals surface area contributed by atoms with Gasteiger partial charge in [-0.25, -0.2) is 0 Å². The van der Waals surface area contributed by atoms with E-state index in [1.54, 1.807) is 11.3 Å². The number of rotatable bonds is 6. The van der Waals surface area contributed by atoms with Crippen LogP contribution in [0.1, 0.15) is 55.5 Å². The summed E-state index contributed by atoms with van der Waals surface area (Å²) in [5.41, 5.74) is 2.77. The van der Waals surface area contributed by atoms with E-state index < -0.39 is 0 Å². The third-order valence-corrected chi connectivity index (χ3v) is 4.50. The summed E-state index contributed by atoms with van der Waals surface area (Å²) in [5, 5.41) is 3.97. The molecule has 0 bridgehead atoms. The van der Waals surface area contributed by atoms with Gasteiger partial charge in [-0.2, -0.15) is 11.3 Å². The molecule has 0 aliphatic carbocycles. The number of thiophene rings is 1. The SMILES string of the molecule is C=C1c2cscc2C(=O)N1CC(CC)CCCC. The number of hydrogen-bond donors (Lipinski definition) is 0. The highest BCUT2D eigenvalue weighted by molar-refractivity contribution is 7.08. The van der Waals surface area contributed by atoms with E-state index in [1.165, 1.54) is 19.3 Å². The molecule has 1 aromatic heterocycles. The maximum Gasteiger partial charge on any atom is 0.259 e. The lowest BCUT2D eigenvalue weighted by Gasteiger charge is -2.24. The van der Waals surface area contributed by atoms with Crippen molar-refractivity contribution in [1.82, 2.24) is 4.90 Å². The summed E-state index contributed by atoms with van der Waals surface area (Å²) in [6.45, 7) is 9.33. The van der Waals surface area contributed by atoms with Crippen LogP contribution in [0, 0.1) is 5.92 Å². The average Bonchev–Trinajstić information content (AvgIpc) is 2.93. The van der Waals surface area contributed by atoms with Crippen molar-refractivity contribution in [2.24, 2.45) is 5.92 Å². The summed E-state index contributed by atoms with van der Waals surface area (Å²) in [5.74, 6) is 0.740. The van der Waals surface area contributed by atoms with Gasteiger partial charge in [-0.15, -0.1) is 0 Å². The second-order valence-corrected chi connectivity index (χ2v) is 5.72. The summed E-state index contributed by atoms with van der Waals surface area (Å²) >= 11 is 1.58. The van der Waals surface area contributed by atoms with E-state index in [9.17, 15) is 4.79 Å². The average molecular weight is 263 g/mol. The molecule has 1 aliphatic rings. The van der Waals surface area contributed by atoms with Crippen LogP contribution in [0.25, 0.3) is 5.70 Å². The molecule has 0 aromatic carbocycles. The zero-order valence-electron chi connectivity index (χ0n) is 11.2. The van der Waals surface area contributed by atoms with Crippen molar-refractivity contribution in [2.45, 2.75) is 39.5 Å². The molecule has 0 saturated heterocycles. The third-order valence-electron chi connectivity index (χ3n) is 3.76. The second kappa shape index (κ2) is 5.70. The first-order valence-electron chi connectivity index (χ1n) is 6.76. The fourth-order valence-electron chi connectivity index (χ4n) is 2.47. The van der Waals surface area contributed by atoms with Gasteiger partial charge in [0.1, 0.15) is 0 Å². The van der Waals surface area contributed by atoms with Crippen LogP contribution in [0.2, 0.25) is 0 Å². The van der Waals surface area contributed by atoms with Gasteiger partial charge in [0.05, 0.1) is 5.56 Å². The first kappa shape index (κ1) is 13.3. The van der Waals surface area contributed by atoms with Crippen LogP contribution in [0.5, 0.6) is 0 Å². The van der Waals surface area contributed by atoms with Crippen molar-refractivity contribution in [3.8, 4) is 0 Å². The number of carbonyl (C=O) groups excluding carboxylic acids is 1. The zero-order valence-corrected chi connectivity index (χ0v) is 12.1. The molecule has 1 unspecified atom stereocenters. The van der Waals surface area contributed by atoms with Gasteiger partial charge in [0, 0.05) is 28.6 Å². The molecule has 2 heterocycles. The molecule has 1 atom stereocenters. The molecule has 1 aliphatic heterocycles. The molecule has 0 radical (unpaired) electrons. The number of fused-ring (bicyclic) bond motifs is 1. The lowest BCUT2D eigenvalue weighted by atomic mass is 9.98. The third kappa shape index (κ3) is 2.37. The highest BCUT2D eigenvalue weighted by atomic mass is 32.1. The predicted molar refractivity (Wildman–Crippen MR) is 77.7 cm³/mol. The van der Waals surface area contributed by atoms with Crippen LogP contribution < -0.4 is 0 Å². The molecule has 0 spiro atoms. The van der Waals surface area contributed by atoms with Gasteiger partial charge in [-0.05, 0) is 12.3 Å². The van der Waals surface area contributed by atoms with E-state index in [1.807, 2.05) is 15.7 Å². The van der Waals surface area contributed by atoms with Crippen molar-refractivity contribution >= 4 is 22.9 Å². The fourth-order valence-corrected chi connectivity index (χ4v) is 3.30. The molecule has 0 saturated carbocycles.